The van der Waals surface area contributed by atoms with Crippen LogP contribution < -0.4 is 10.6 Å². The average Bonchev–Trinajstić information content (AvgIpc) is 3.61. The van der Waals surface area contributed by atoms with Crippen molar-refractivity contribution in [3.05, 3.63) is 81.8 Å². The summed E-state index contributed by atoms with van der Waals surface area (Å²) in [7, 11) is 0. The average molecular weight is 585 g/mol. The highest BCUT2D eigenvalue weighted by molar-refractivity contribution is 7.99. The summed E-state index contributed by atoms with van der Waals surface area (Å²) in [4.78, 5) is 25.1. The molecule has 204 valence electrons. The maximum Gasteiger partial charge on any atom is 0.262 e. The minimum absolute atomic E-state index is 0.225. The Morgan fingerprint density at radius 3 is 1.97 bits per heavy atom. The largest absolute Gasteiger partial charge is 0.378 e. The second-order valence-electron chi connectivity index (χ2n) is 8.45. The molecule has 2 aromatic carbocycles. The number of hydrogen-bond acceptors (Lipinski definition) is 11. The molecule has 0 aliphatic heterocycles. The molecule has 4 rings (SSSR count). The lowest BCUT2D eigenvalue weighted by atomic mass is 9.90. The van der Waals surface area contributed by atoms with Crippen molar-refractivity contribution >= 4 is 56.5 Å². The van der Waals surface area contributed by atoms with Gasteiger partial charge in [0.25, 0.3) is 11.8 Å². The van der Waals surface area contributed by atoms with Crippen LogP contribution in [-0.2, 0) is 28.0 Å². The number of nitrogens with zero attached hydrogens (tertiary/aromatic N) is 4. The number of anilines is 2. The molecule has 2 aromatic heterocycles. The van der Waals surface area contributed by atoms with Gasteiger partial charge in [-0.25, -0.2) is 0 Å². The topological polar surface area (TPSA) is 150 Å². The Balaban J connectivity index is 1.18. The van der Waals surface area contributed by atoms with Crippen LogP contribution in [0.3, 0.4) is 0 Å². The first-order valence-corrected chi connectivity index (χ1v) is 15.0. The molecule has 4 aromatic rings. The van der Waals surface area contributed by atoms with E-state index in [2.05, 4.69) is 31.0 Å². The zero-order chi connectivity index (χ0) is 27.7. The van der Waals surface area contributed by atoms with Crippen molar-refractivity contribution in [2.75, 3.05) is 22.1 Å². The lowest BCUT2D eigenvalue weighted by Gasteiger charge is -2.25. The molecule has 2 amide bonds. The van der Waals surface area contributed by atoms with Gasteiger partial charge in [-0.2, -0.15) is 11.8 Å². The highest BCUT2D eigenvalue weighted by atomic mass is 32.2. The third kappa shape index (κ3) is 7.67. The summed E-state index contributed by atoms with van der Waals surface area (Å²) in [6.45, 7) is 1.75. The van der Waals surface area contributed by atoms with Crippen molar-refractivity contribution in [3.8, 4) is 0 Å². The first-order chi connectivity index (χ1) is 18.9. The fourth-order valence-corrected chi connectivity index (χ4v) is 6.22. The molecule has 0 spiro atoms. The summed E-state index contributed by atoms with van der Waals surface area (Å²) >= 11 is 4.29. The number of thioether (sulfide) groups is 1. The van der Waals surface area contributed by atoms with E-state index in [-0.39, 0.29) is 6.42 Å². The van der Waals surface area contributed by atoms with E-state index in [0.717, 1.165) is 21.5 Å². The van der Waals surface area contributed by atoms with Gasteiger partial charge in [-0.3, -0.25) is 20.2 Å². The van der Waals surface area contributed by atoms with Crippen LogP contribution in [0, 0.1) is 0 Å². The number of amides is 2. The van der Waals surface area contributed by atoms with Gasteiger partial charge in [0.15, 0.2) is 11.7 Å². The quantitative estimate of drug-likeness (QED) is 0.172. The number of hydrogen-bond donors (Lipinski definition) is 4. The van der Waals surface area contributed by atoms with Crippen LogP contribution in [0.5, 0.6) is 0 Å². The maximum absolute atomic E-state index is 12.8. The van der Waals surface area contributed by atoms with Crippen LogP contribution in [0.2, 0.25) is 0 Å². The van der Waals surface area contributed by atoms with E-state index in [4.69, 9.17) is 0 Å². The van der Waals surface area contributed by atoms with Gasteiger partial charge < -0.3 is 10.2 Å². The first kappa shape index (κ1) is 28.8. The van der Waals surface area contributed by atoms with E-state index in [9.17, 15) is 19.8 Å². The van der Waals surface area contributed by atoms with Crippen LogP contribution in [0.4, 0.5) is 10.3 Å². The lowest BCUT2D eigenvalue weighted by molar-refractivity contribution is -0.135. The van der Waals surface area contributed by atoms with Gasteiger partial charge in [0, 0.05) is 12.8 Å². The van der Waals surface area contributed by atoms with Crippen molar-refractivity contribution in [2.24, 2.45) is 0 Å². The molecule has 2 atom stereocenters. The van der Waals surface area contributed by atoms with Gasteiger partial charge in [0.05, 0.1) is 0 Å². The highest BCUT2D eigenvalue weighted by Gasteiger charge is 2.36. The summed E-state index contributed by atoms with van der Waals surface area (Å²) in [5.74, 6) is 0.524. The SMILES string of the molecule is CC[C@](O)(C(=O)Nc1nnc(CCSCCc2nnc(NC(=O)[C@H](O)c3ccccc3)s2)s1)c1ccccc1. The molecule has 0 aliphatic rings. The van der Waals surface area contributed by atoms with Gasteiger partial charge >= 0.3 is 0 Å². The number of benzene rings is 2. The van der Waals surface area contributed by atoms with E-state index >= 15 is 0 Å². The van der Waals surface area contributed by atoms with Crippen LogP contribution in [0.25, 0.3) is 0 Å². The minimum atomic E-state index is -1.64. The normalized spacial score (nSPS) is 13.4. The Morgan fingerprint density at radius 2 is 1.41 bits per heavy atom. The second-order valence-corrected chi connectivity index (χ2v) is 11.8. The Morgan fingerprint density at radius 1 is 0.872 bits per heavy atom. The fraction of sp³-hybridized carbons (Fsp3) is 0.308. The molecule has 0 bridgehead atoms. The van der Waals surface area contributed by atoms with Gasteiger partial charge in [-0.1, -0.05) is 90.3 Å². The number of aryl methyl sites for hydroxylation is 2. The van der Waals surface area contributed by atoms with Crippen LogP contribution in [0.1, 0.15) is 40.6 Å². The first-order valence-electron chi connectivity index (χ1n) is 12.2. The van der Waals surface area contributed by atoms with E-state index in [1.807, 2.05) is 12.1 Å². The standard InChI is InChI=1S/C26H28N6O4S3/c1-2-26(36,18-11-7-4-8-12-18)23(35)28-25-32-30-20(39-25)14-16-37-15-13-19-29-31-24(38-19)27-22(34)21(33)17-9-5-3-6-10-17/h3-12,21,33,36H,2,13-16H2,1H3,(H,27,31,34)(H,28,32,35)/t21-,26-/m1/s1. The molecular formula is C26H28N6O4S3. The smallest absolute Gasteiger partial charge is 0.262 e. The lowest BCUT2D eigenvalue weighted by Crippen LogP contribution is -2.39. The van der Waals surface area contributed by atoms with Crippen LogP contribution in [-0.4, -0.2) is 53.9 Å². The molecule has 0 unspecified atom stereocenters. The molecule has 0 saturated heterocycles. The van der Waals surface area contributed by atoms with E-state index in [0.29, 0.717) is 34.2 Å². The van der Waals surface area contributed by atoms with E-state index in [1.54, 1.807) is 67.2 Å². The Hall–Kier alpha value is -3.23. The number of carbonyl (C=O) groups is 2. The summed E-state index contributed by atoms with van der Waals surface area (Å²) in [6, 6.07) is 17.5. The molecule has 0 saturated carbocycles. The number of aliphatic hydroxyl groups excluding tert-OH is 1. The molecule has 10 nitrogen and oxygen atoms in total. The zero-order valence-electron chi connectivity index (χ0n) is 21.1. The molecule has 4 N–H and O–H groups in total. The van der Waals surface area contributed by atoms with Crippen molar-refractivity contribution in [1.29, 1.82) is 0 Å². The van der Waals surface area contributed by atoms with Crippen LogP contribution in [0.15, 0.2) is 60.7 Å². The van der Waals surface area contributed by atoms with Gasteiger partial charge in [0.2, 0.25) is 10.3 Å². The third-order valence-corrected chi connectivity index (χ3v) is 8.59. The molecule has 39 heavy (non-hydrogen) atoms. The van der Waals surface area contributed by atoms with Crippen molar-refractivity contribution in [2.45, 2.75) is 37.9 Å². The van der Waals surface area contributed by atoms with E-state index < -0.39 is 23.5 Å². The number of carbonyl (C=O) groups excluding carboxylic acids is 2. The highest BCUT2D eigenvalue weighted by Crippen LogP contribution is 2.28. The number of aliphatic hydroxyl groups is 2. The molecule has 2 heterocycles. The number of aromatic nitrogens is 4. The fourth-order valence-electron chi connectivity index (χ4n) is 3.60. The second kappa shape index (κ2) is 13.7. The monoisotopic (exact) mass is 584 g/mol. The van der Waals surface area contributed by atoms with Gasteiger partial charge in [0.1, 0.15) is 10.0 Å². The van der Waals surface area contributed by atoms with Gasteiger partial charge in [-0.15, -0.1) is 20.4 Å². The summed E-state index contributed by atoms with van der Waals surface area (Å²) in [5, 5.41) is 45.0. The summed E-state index contributed by atoms with van der Waals surface area (Å²) in [6.07, 6.45) is 0.323. The van der Waals surface area contributed by atoms with Crippen molar-refractivity contribution < 1.29 is 19.8 Å². The number of nitrogens with one attached hydrogen (secondary N) is 2. The zero-order valence-corrected chi connectivity index (χ0v) is 23.6. The Bertz CT molecular complexity index is 1370. The Labute approximate surface area is 237 Å². The van der Waals surface area contributed by atoms with Crippen molar-refractivity contribution in [1.82, 2.24) is 20.4 Å². The van der Waals surface area contributed by atoms with E-state index in [1.165, 1.54) is 22.7 Å². The molecule has 0 radical (unpaired) electrons. The molecular weight excluding hydrogens is 557 g/mol. The summed E-state index contributed by atoms with van der Waals surface area (Å²) < 4.78 is 0. The third-order valence-electron chi connectivity index (χ3n) is 5.81. The minimum Gasteiger partial charge on any atom is -0.378 e. The van der Waals surface area contributed by atoms with Crippen LogP contribution >= 0.6 is 34.4 Å². The number of rotatable bonds is 13. The molecule has 0 fully saturated rings. The Kier molecular flexibility index (Phi) is 10.1. The molecule has 13 heteroatoms. The van der Waals surface area contributed by atoms with Gasteiger partial charge in [-0.05, 0) is 29.1 Å². The predicted octanol–water partition coefficient (Wildman–Crippen LogP) is 3.82. The maximum atomic E-state index is 12.8. The predicted molar refractivity (Wildman–Crippen MR) is 154 cm³/mol. The van der Waals surface area contributed by atoms with Crippen molar-refractivity contribution in [3.63, 3.8) is 0 Å². The summed E-state index contributed by atoms with van der Waals surface area (Å²) in [5.41, 5.74) is -0.602. The molecule has 0 aliphatic carbocycles.